The number of carbonyl (C=O) groups excluding carboxylic acids is 1. The highest BCUT2D eigenvalue weighted by atomic mass is 16.5. The first kappa shape index (κ1) is 17.2. The highest BCUT2D eigenvalue weighted by molar-refractivity contribution is 5.80. The van der Waals surface area contributed by atoms with E-state index in [9.17, 15) is 9.59 Å². The van der Waals surface area contributed by atoms with Crippen molar-refractivity contribution in [3.63, 3.8) is 0 Å². The molecule has 1 aromatic rings. The van der Waals surface area contributed by atoms with Gasteiger partial charge in [0.25, 0.3) is 0 Å². The molecule has 23 heavy (non-hydrogen) atoms. The lowest BCUT2D eigenvalue weighted by molar-refractivity contribution is -0.141. The number of nitrogens with one attached hydrogen (secondary N) is 2. The van der Waals surface area contributed by atoms with E-state index >= 15 is 0 Å². The zero-order valence-corrected chi connectivity index (χ0v) is 12.9. The number of benzene rings is 1. The van der Waals surface area contributed by atoms with Crippen LogP contribution < -0.4 is 10.6 Å². The minimum absolute atomic E-state index is 0.0892. The molecular formula is C16H22N2O5. The summed E-state index contributed by atoms with van der Waals surface area (Å²) < 4.78 is 10.4. The van der Waals surface area contributed by atoms with E-state index in [2.05, 4.69) is 10.6 Å². The first-order valence-electron chi connectivity index (χ1n) is 7.66. The molecular weight excluding hydrogens is 300 g/mol. The van der Waals surface area contributed by atoms with Crippen LogP contribution in [-0.2, 0) is 20.9 Å². The van der Waals surface area contributed by atoms with Gasteiger partial charge in [-0.3, -0.25) is 0 Å². The van der Waals surface area contributed by atoms with E-state index in [1.807, 2.05) is 30.3 Å². The molecule has 0 aliphatic carbocycles. The van der Waals surface area contributed by atoms with E-state index in [0.29, 0.717) is 6.61 Å². The second-order valence-corrected chi connectivity index (χ2v) is 5.43. The third-order valence-electron chi connectivity index (χ3n) is 3.57. The number of aliphatic carboxylic acids is 1. The van der Waals surface area contributed by atoms with Crippen LogP contribution in [-0.4, -0.2) is 49.0 Å². The molecule has 0 bridgehead atoms. The molecule has 2 rings (SSSR count). The fraction of sp³-hybridized carbons (Fsp3) is 0.500. The molecule has 1 amide bonds. The predicted octanol–water partition coefficient (Wildman–Crippen LogP) is 1.13. The van der Waals surface area contributed by atoms with Crippen LogP contribution in [0.4, 0.5) is 4.79 Å². The Hall–Kier alpha value is -2.12. The van der Waals surface area contributed by atoms with E-state index in [4.69, 9.17) is 14.6 Å². The van der Waals surface area contributed by atoms with Crippen molar-refractivity contribution in [2.75, 3.05) is 19.8 Å². The summed E-state index contributed by atoms with van der Waals surface area (Å²) in [5.41, 5.74) is 0.832. The highest BCUT2D eigenvalue weighted by Crippen LogP contribution is 2.05. The van der Waals surface area contributed by atoms with Crippen LogP contribution in [0, 0.1) is 0 Å². The summed E-state index contributed by atoms with van der Waals surface area (Å²) in [5.74, 6) is -1.15. The Bertz CT molecular complexity index is 502. The maximum Gasteiger partial charge on any atom is 0.408 e. The number of carboxylic acids is 1. The fourth-order valence-corrected chi connectivity index (χ4v) is 2.31. The van der Waals surface area contributed by atoms with E-state index in [1.54, 1.807) is 0 Å². The number of hydrogen-bond donors (Lipinski definition) is 3. The van der Waals surface area contributed by atoms with Gasteiger partial charge in [-0.2, -0.15) is 0 Å². The minimum Gasteiger partial charge on any atom is -0.480 e. The number of hydrogen-bond acceptors (Lipinski definition) is 5. The zero-order chi connectivity index (χ0) is 16.5. The SMILES string of the molecule is O=C(N[C@@H](COC[C@@H]1CCCN1)C(=O)O)OCc1ccccc1. The number of carbonyl (C=O) groups is 2. The quantitative estimate of drug-likeness (QED) is 0.664. The number of ether oxygens (including phenoxy) is 2. The lowest BCUT2D eigenvalue weighted by Crippen LogP contribution is -2.44. The summed E-state index contributed by atoms with van der Waals surface area (Å²) in [6.07, 6.45) is 1.34. The summed E-state index contributed by atoms with van der Waals surface area (Å²) >= 11 is 0. The standard InChI is InChI=1S/C16H22N2O5/c19-15(20)14(11-22-10-13-7-4-8-17-13)18-16(21)23-9-12-5-2-1-3-6-12/h1-3,5-6,13-14,17H,4,7-11H2,(H,18,21)(H,19,20)/t13-,14-/m0/s1. The normalized spacial score (nSPS) is 18.3. The van der Waals surface area contributed by atoms with E-state index < -0.39 is 18.1 Å². The van der Waals surface area contributed by atoms with Crippen molar-refractivity contribution in [3.8, 4) is 0 Å². The van der Waals surface area contributed by atoms with Gasteiger partial charge in [-0.25, -0.2) is 9.59 Å². The van der Waals surface area contributed by atoms with Gasteiger partial charge in [0, 0.05) is 6.04 Å². The molecule has 1 aliphatic heterocycles. The maximum absolute atomic E-state index is 11.7. The van der Waals surface area contributed by atoms with Gasteiger partial charge in [0.1, 0.15) is 6.61 Å². The minimum atomic E-state index is -1.15. The van der Waals surface area contributed by atoms with Crippen molar-refractivity contribution >= 4 is 12.1 Å². The molecule has 1 saturated heterocycles. The first-order valence-corrected chi connectivity index (χ1v) is 7.66. The number of alkyl carbamates (subject to hydrolysis) is 1. The molecule has 1 heterocycles. The molecule has 126 valence electrons. The van der Waals surface area contributed by atoms with Gasteiger partial charge < -0.3 is 25.2 Å². The average Bonchev–Trinajstić information content (AvgIpc) is 3.06. The van der Waals surface area contributed by atoms with Gasteiger partial charge in [0.15, 0.2) is 6.04 Å². The Balaban J connectivity index is 1.69. The Morgan fingerprint density at radius 2 is 2.13 bits per heavy atom. The molecule has 7 heteroatoms. The van der Waals surface area contributed by atoms with E-state index in [1.165, 1.54) is 0 Å². The third-order valence-corrected chi connectivity index (χ3v) is 3.57. The van der Waals surface area contributed by atoms with Gasteiger partial charge in [-0.05, 0) is 24.9 Å². The molecule has 0 aromatic heterocycles. The zero-order valence-electron chi connectivity index (χ0n) is 12.9. The predicted molar refractivity (Wildman–Crippen MR) is 83.0 cm³/mol. The molecule has 7 nitrogen and oxygen atoms in total. The first-order chi connectivity index (χ1) is 11.1. The van der Waals surface area contributed by atoms with Gasteiger partial charge in [-0.1, -0.05) is 30.3 Å². The van der Waals surface area contributed by atoms with Crippen molar-refractivity contribution in [1.82, 2.24) is 10.6 Å². The smallest absolute Gasteiger partial charge is 0.408 e. The van der Waals surface area contributed by atoms with Crippen molar-refractivity contribution in [2.24, 2.45) is 0 Å². The molecule has 2 atom stereocenters. The van der Waals surface area contributed by atoms with Crippen LogP contribution in [0.15, 0.2) is 30.3 Å². The third kappa shape index (κ3) is 6.25. The second-order valence-electron chi connectivity index (χ2n) is 5.43. The van der Waals surface area contributed by atoms with Crippen molar-refractivity contribution in [3.05, 3.63) is 35.9 Å². The molecule has 3 N–H and O–H groups in total. The van der Waals surface area contributed by atoms with Gasteiger partial charge in [-0.15, -0.1) is 0 Å². The van der Waals surface area contributed by atoms with Crippen LogP contribution in [0.2, 0.25) is 0 Å². The van der Waals surface area contributed by atoms with Gasteiger partial charge in [0.2, 0.25) is 0 Å². The lowest BCUT2D eigenvalue weighted by atomic mass is 10.2. The van der Waals surface area contributed by atoms with Crippen LogP contribution in [0.3, 0.4) is 0 Å². The molecule has 0 saturated carbocycles. The summed E-state index contributed by atoms with van der Waals surface area (Å²) in [5, 5.41) is 14.7. The molecule has 0 radical (unpaired) electrons. The Kier molecular flexibility index (Phi) is 6.83. The van der Waals surface area contributed by atoms with Crippen molar-refractivity contribution in [2.45, 2.75) is 31.5 Å². The molecule has 1 aliphatic rings. The summed E-state index contributed by atoms with van der Waals surface area (Å²) in [4.78, 5) is 22.9. The monoisotopic (exact) mass is 322 g/mol. The Morgan fingerprint density at radius 3 is 2.78 bits per heavy atom. The topological polar surface area (TPSA) is 96.9 Å². The van der Waals surface area contributed by atoms with Crippen LogP contribution >= 0.6 is 0 Å². The van der Waals surface area contributed by atoms with Gasteiger partial charge in [0.05, 0.1) is 13.2 Å². The molecule has 0 spiro atoms. The van der Waals surface area contributed by atoms with Crippen LogP contribution in [0.25, 0.3) is 0 Å². The largest absolute Gasteiger partial charge is 0.480 e. The Labute approximate surface area is 135 Å². The summed E-state index contributed by atoms with van der Waals surface area (Å²) in [6.45, 7) is 1.39. The van der Waals surface area contributed by atoms with Crippen molar-refractivity contribution < 1.29 is 24.2 Å². The van der Waals surface area contributed by atoms with Crippen LogP contribution in [0.5, 0.6) is 0 Å². The van der Waals surface area contributed by atoms with Crippen LogP contribution in [0.1, 0.15) is 18.4 Å². The average molecular weight is 322 g/mol. The number of rotatable bonds is 8. The molecule has 0 unspecified atom stereocenters. The molecule has 1 aromatic carbocycles. The number of carboxylic acid groups (broad SMARTS) is 1. The van der Waals surface area contributed by atoms with E-state index in [0.717, 1.165) is 24.9 Å². The summed E-state index contributed by atoms with van der Waals surface area (Å²) in [6, 6.07) is 8.30. The maximum atomic E-state index is 11.7. The molecule has 1 fully saturated rings. The second kappa shape index (κ2) is 9.12. The van der Waals surface area contributed by atoms with E-state index in [-0.39, 0.29) is 19.3 Å². The highest BCUT2D eigenvalue weighted by Gasteiger charge is 2.22. The summed E-state index contributed by atoms with van der Waals surface area (Å²) in [7, 11) is 0. The Morgan fingerprint density at radius 1 is 1.35 bits per heavy atom. The number of amides is 1. The van der Waals surface area contributed by atoms with Gasteiger partial charge >= 0.3 is 12.1 Å². The van der Waals surface area contributed by atoms with Crippen molar-refractivity contribution in [1.29, 1.82) is 0 Å². The fourth-order valence-electron chi connectivity index (χ4n) is 2.31. The lowest BCUT2D eigenvalue weighted by Gasteiger charge is -2.16.